The van der Waals surface area contributed by atoms with Crippen molar-refractivity contribution in [3.8, 4) is 0 Å². The predicted octanol–water partition coefficient (Wildman–Crippen LogP) is 5.75. The van der Waals surface area contributed by atoms with E-state index >= 15 is 0 Å². The molecule has 4 aromatic rings. The lowest BCUT2D eigenvalue weighted by Gasteiger charge is -2.30. The maximum absolute atomic E-state index is 6.63. The average molecular weight is 606 g/mol. The van der Waals surface area contributed by atoms with Gasteiger partial charge < -0.3 is 20.9 Å². The van der Waals surface area contributed by atoms with Crippen LogP contribution in [0.2, 0.25) is 10.0 Å². The Kier molecular flexibility index (Phi) is 7.74. The fourth-order valence-electron chi connectivity index (χ4n) is 4.12. The molecule has 1 saturated heterocycles. The summed E-state index contributed by atoms with van der Waals surface area (Å²) in [4.78, 5) is 20.4. The zero-order chi connectivity index (χ0) is 25.2. The fraction of sp³-hybridized carbons (Fsp3) is 0.250. The van der Waals surface area contributed by atoms with Gasteiger partial charge in [0.15, 0.2) is 0 Å². The summed E-state index contributed by atoms with van der Waals surface area (Å²) in [6, 6.07) is 7.69. The van der Waals surface area contributed by atoms with E-state index in [1.54, 1.807) is 18.6 Å². The van der Waals surface area contributed by atoms with Crippen molar-refractivity contribution in [3.05, 3.63) is 57.4 Å². The number of aromatic nitrogens is 4. The molecular weight excluding hydrogens is 582 g/mol. The molecular formula is C24H24BrCl2N8P. The Hall–Kier alpha value is -2.29. The van der Waals surface area contributed by atoms with Gasteiger partial charge in [-0.3, -0.25) is 9.97 Å². The first-order valence-corrected chi connectivity index (χ1v) is 15.1. The zero-order valence-corrected chi connectivity index (χ0v) is 23.7. The molecule has 0 aliphatic carbocycles. The number of piperazine rings is 1. The summed E-state index contributed by atoms with van der Waals surface area (Å²) >= 11 is 16.8. The normalized spacial score (nSPS) is 13.9. The molecule has 0 radical (unpaired) electrons. The van der Waals surface area contributed by atoms with Gasteiger partial charge in [-0.1, -0.05) is 31.1 Å². The van der Waals surface area contributed by atoms with E-state index < -0.39 is 7.92 Å². The van der Waals surface area contributed by atoms with Crippen molar-refractivity contribution >= 4 is 92.2 Å². The van der Waals surface area contributed by atoms with Crippen LogP contribution in [0.1, 0.15) is 0 Å². The first kappa shape index (κ1) is 25.4. The largest absolute Gasteiger partial charge is 0.368 e. The minimum atomic E-state index is -0.466. The van der Waals surface area contributed by atoms with Gasteiger partial charge in [0.1, 0.15) is 5.82 Å². The number of benzene rings is 2. The molecule has 0 bridgehead atoms. The molecule has 1 aliphatic heterocycles. The molecule has 2 aromatic carbocycles. The summed E-state index contributed by atoms with van der Waals surface area (Å²) in [6.07, 6.45) is 5.13. The minimum absolute atomic E-state index is 0.394. The maximum atomic E-state index is 6.63. The van der Waals surface area contributed by atoms with Gasteiger partial charge in [0.05, 0.1) is 36.9 Å². The highest BCUT2D eigenvalue weighted by atomic mass is 79.9. The molecule has 0 atom stereocenters. The Labute approximate surface area is 229 Å². The minimum Gasteiger partial charge on any atom is -0.368 e. The van der Waals surface area contributed by atoms with Crippen LogP contribution in [0, 0.1) is 0 Å². The lowest BCUT2D eigenvalue weighted by Crippen LogP contribution is -2.43. The number of nitrogens with zero attached hydrogens (tertiary/aromatic N) is 5. The van der Waals surface area contributed by atoms with Crippen molar-refractivity contribution in [1.29, 1.82) is 0 Å². The van der Waals surface area contributed by atoms with Crippen LogP contribution >= 0.6 is 47.1 Å². The number of halogens is 3. The molecule has 1 fully saturated rings. The molecule has 5 rings (SSSR count). The summed E-state index contributed by atoms with van der Waals surface area (Å²) in [5, 5.41) is 12.3. The van der Waals surface area contributed by atoms with E-state index in [0.717, 1.165) is 58.4 Å². The third kappa shape index (κ3) is 5.36. The molecule has 36 heavy (non-hydrogen) atoms. The summed E-state index contributed by atoms with van der Waals surface area (Å²) < 4.78 is 0.730. The molecule has 0 saturated carbocycles. The number of rotatable bonds is 6. The highest BCUT2D eigenvalue weighted by Gasteiger charge is 2.18. The lowest BCUT2D eigenvalue weighted by molar-refractivity contribution is 0.589. The van der Waals surface area contributed by atoms with Crippen molar-refractivity contribution in [2.24, 2.45) is 0 Å². The van der Waals surface area contributed by atoms with Crippen molar-refractivity contribution in [1.82, 2.24) is 25.3 Å². The second-order valence-electron chi connectivity index (χ2n) is 8.44. The number of hydrogen-bond donors (Lipinski definition) is 3. The van der Waals surface area contributed by atoms with Crippen LogP contribution in [-0.2, 0) is 0 Å². The summed E-state index contributed by atoms with van der Waals surface area (Å²) in [7, 11) is -0.466. The quantitative estimate of drug-likeness (QED) is 0.239. The van der Waals surface area contributed by atoms with E-state index in [1.165, 1.54) is 0 Å². The molecule has 186 valence electrons. The standard InChI is InChI=1S/C24H24BrCl2N8P/c1-36(2)22-18(4-3-17-21(22)30-6-5-29-17)32-23-14(25)13-31-24(34-23)33-19-11-16(27)20(12-15(19)26)35-9-7-28-8-10-35/h3-6,11-13,28H,7-10H2,1-2H3,(H2,31,32,33,34). The van der Waals surface area contributed by atoms with Gasteiger partial charge in [0.25, 0.3) is 0 Å². The van der Waals surface area contributed by atoms with Crippen LogP contribution in [0.25, 0.3) is 11.0 Å². The van der Waals surface area contributed by atoms with Gasteiger partial charge in [-0.25, -0.2) is 4.98 Å². The van der Waals surface area contributed by atoms with Crippen LogP contribution in [0.3, 0.4) is 0 Å². The highest BCUT2D eigenvalue weighted by Crippen LogP contribution is 2.37. The van der Waals surface area contributed by atoms with Crippen molar-refractivity contribution < 1.29 is 0 Å². The Morgan fingerprint density at radius 1 is 0.972 bits per heavy atom. The molecule has 3 N–H and O–H groups in total. The first-order valence-electron chi connectivity index (χ1n) is 11.3. The van der Waals surface area contributed by atoms with Crippen molar-refractivity contribution in [3.63, 3.8) is 0 Å². The van der Waals surface area contributed by atoms with E-state index in [4.69, 9.17) is 28.2 Å². The smallest absolute Gasteiger partial charge is 0.229 e. The summed E-state index contributed by atoms with van der Waals surface area (Å²) in [5.41, 5.74) is 4.27. The molecule has 0 unspecified atom stereocenters. The molecule has 0 amide bonds. The van der Waals surface area contributed by atoms with Crippen LogP contribution in [0.15, 0.2) is 47.3 Å². The third-order valence-corrected chi connectivity index (χ3v) is 8.34. The number of anilines is 5. The van der Waals surface area contributed by atoms with Crippen molar-refractivity contribution in [2.45, 2.75) is 0 Å². The van der Waals surface area contributed by atoms with Gasteiger partial charge >= 0.3 is 0 Å². The van der Waals surface area contributed by atoms with E-state index in [2.05, 4.69) is 65.1 Å². The topological polar surface area (TPSA) is 90.9 Å². The first-order chi connectivity index (χ1) is 17.4. The van der Waals surface area contributed by atoms with Crippen LogP contribution in [-0.4, -0.2) is 59.4 Å². The molecule has 2 aromatic heterocycles. The fourth-order valence-corrected chi connectivity index (χ4v) is 6.11. The van der Waals surface area contributed by atoms with Gasteiger partial charge in [-0.2, -0.15) is 4.98 Å². The molecule has 1 aliphatic rings. The second kappa shape index (κ2) is 11.0. The predicted molar refractivity (Wildman–Crippen MR) is 156 cm³/mol. The van der Waals surface area contributed by atoms with Gasteiger partial charge in [-0.15, -0.1) is 0 Å². The Balaban J connectivity index is 1.43. The molecule has 12 heteroatoms. The highest BCUT2D eigenvalue weighted by molar-refractivity contribution is 9.10. The summed E-state index contributed by atoms with van der Waals surface area (Å²) in [5.74, 6) is 1.01. The van der Waals surface area contributed by atoms with E-state index in [1.807, 2.05) is 24.3 Å². The van der Waals surface area contributed by atoms with E-state index in [9.17, 15) is 0 Å². The maximum Gasteiger partial charge on any atom is 0.229 e. The second-order valence-corrected chi connectivity index (χ2v) is 12.3. The molecule has 3 heterocycles. The Morgan fingerprint density at radius 2 is 1.75 bits per heavy atom. The van der Waals surface area contributed by atoms with Crippen LogP contribution in [0.5, 0.6) is 0 Å². The van der Waals surface area contributed by atoms with Gasteiger partial charge in [-0.05, 0) is 53.5 Å². The number of nitrogens with one attached hydrogen (secondary N) is 3. The van der Waals surface area contributed by atoms with Crippen molar-refractivity contribution in [2.75, 3.05) is 55.0 Å². The van der Waals surface area contributed by atoms with Gasteiger partial charge in [0, 0.05) is 55.8 Å². The average Bonchev–Trinajstić information content (AvgIpc) is 2.88. The number of hydrogen-bond acceptors (Lipinski definition) is 8. The Bertz CT molecular complexity index is 1410. The lowest BCUT2D eigenvalue weighted by atomic mass is 10.2. The van der Waals surface area contributed by atoms with E-state index in [0.29, 0.717) is 27.5 Å². The van der Waals surface area contributed by atoms with Crippen LogP contribution in [0.4, 0.5) is 28.8 Å². The third-order valence-electron chi connectivity index (χ3n) is 5.80. The SMILES string of the molecule is CP(C)c1c(Nc2nc(Nc3cc(Cl)c(N4CCNCC4)cc3Cl)ncc2Br)ccc2nccnc12. The summed E-state index contributed by atoms with van der Waals surface area (Å²) in [6.45, 7) is 7.99. The monoisotopic (exact) mass is 604 g/mol. The van der Waals surface area contributed by atoms with Crippen LogP contribution < -0.4 is 26.2 Å². The van der Waals surface area contributed by atoms with E-state index in [-0.39, 0.29) is 0 Å². The Morgan fingerprint density at radius 3 is 2.53 bits per heavy atom. The molecule has 8 nitrogen and oxygen atoms in total. The zero-order valence-electron chi connectivity index (χ0n) is 19.7. The van der Waals surface area contributed by atoms with Gasteiger partial charge in [0.2, 0.25) is 5.95 Å². The number of fused-ring (bicyclic) bond motifs is 1. The molecule has 0 spiro atoms.